The maximum atomic E-state index is 11.2. The molecule has 1 amide bonds. The number of amides is 1. The quantitative estimate of drug-likeness (QED) is 0.508. The first-order valence-corrected chi connectivity index (χ1v) is 8.27. The van der Waals surface area contributed by atoms with Crippen LogP contribution in [0, 0.1) is 0 Å². The largest absolute Gasteiger partial charge is 0.436 e. The summed E-state index contributed by atoms with van der Waals surface area (Å²) in [5.41, 5.74) is 3.04. The molecule has 4 rings (SSSR count). The number of carbonyl (C=O) groups is 1. The predicted octanol–water partition coefficient (Wildman–Crippen LogP) is 5.37. The van der Waals surface area contributed by atoms with Crippen molar-refractivity contribution in [3.63, 3.8) is 0 Å². The van der Waals surface area contributed by atoms with E-state index in [2.05, 4.69) is 32.3 Å². The number of aromatic nitrogens is 1. The third-order valence-electron chi connectivity index (χ3n) is 3.81. The molecule has 0 aliphatic heterocycles. The van der Waals surface area contributed by atoms with Crippen LogP contribution in [0.1, 0.15) is 6.92 Å². The average Bonchev–Trinajstić information content (AvgIpc) is 2.97. The van der Waals surface area contributed by atoms with Crippen LogP contribution in [-0.2, 0) is 4.79 Å². The van der Waals surface area contributed by atoms with Gasteiger partial charge < -0.3 is 9.73 Å². The van der Waals surface area contributed by atoms with Gasteiger partial charge in [0.05, 0.1) is 0 Å². The first-order valence-electron chi connectivity index (χ1n) is 7.47. The molecule has 1 N–H and O–H groups in total. The molecule has 0 unspecified atom stereocenters. The van der Waals surface area contributed by atoms with Gasteiger partial charge in [0.25, 0.3) is 0 Å². The maximum absolute atomic E-state index is 11.2. The Morgan fingerprint density at radius 1 is 1.08 bits per heavy atom. The van der Waals surface area contributed by atoms with Gasteiger partial charge in [-0.1, -0.05) is 40.2 Å². The summed E-state index contributed by atoms with van der Waals surface area (Å²) in [6, 6.07) is 17.5. The summed E-state index contributed by atoms with van der Waals surface area (Å²) in [6.07, 6.45) is 0. The van der Waals surface area contributed by atoms with E-state index in [1.807, 2.05) is 42.5 Å². The lowest BCUT2D eigenvalue weighted by Gasteiger charge is -2.04. The second-order valence-electron chi connectivity index (χ2n) is 5.52. The zero-order valence-electron chi connectivity index (χ0n) is 12.8. The van der Waals surface area contributed by atoms with E-state index in [1.54, 1.807) is 6.07 Å². The van der Waals surface area contributed by atoms with Crippen molar-refractivity contribution in [2.45, 2.75) is 6.92 Å². The molecule has 5 heteroatoms. The topological polar surface area (TPSA) is 55.1 Å². The normalized spacial score (nSPS) is 11.1. The fourth-order valence-corrected chi connectivity index (χ4v) is 3.28. The van der Waals surface area contributed by atoms with E-state index in [4.69, 9.17) is 4.42 Å². The molecular weight excluding hydrogens is 368 g/mol. The molecule has 0 saturated carbocycles. The molecule has 118 valence electrons. The van der Waals surface area contributed by atoms with Crippen LogP contribution in [0.3, 0.4) is 0 Å². The van der Waals surface area contributed by atoms with Gasteiger partial charge in [0.2, 0.25) is 11.8 Å². The molecule has 1 aromatic heterocycles. The molecule has 0 atom stereocenters. The Hall–Kier alpha value is -2.66. The summed E-state index contributed by atoms with van der Waals surface area (Å²) in [5.74, 6) is 0.450. The number of carbonyl (C=O) groups excluding carboxylic acids is 1. The van der Waals surface area contributed by atoms with Crippen LogP contribution in [0.2, 0.25) is 0 Å². The van der Waals surface area contributed by atoms with Crippen molar-refractivity contribution in [3.8, 4) is 11.5 Å². The Bertz CT molecular complexity index is 1090. The van der Waals surface area contributed by atoms with E-state index in [0.29, 0.717) is 22.7 Å². The first-order chi connectivity index (χ1) is 11.6. The summed E-state index contributed by atoms with van der Waals surface area (Å²) in [5, 5.41) is 4.93. The van der Waals surface area contributed by atoms with E-state index in [-0.39, 0.29) is 5.91 Å². The number of nitrogens with zero attached hydrogens (tertiary/aromatic N) is 1. The highest BCUT2D eigenvalue weighted by Crippen LogP contribution is 2.34. The van der Waals surface area contributed by atoms with Crippen molar-refractivity contribution in [3.05, 3.63) is 59.1 Å². The number of hydrogen-bond acceptors (Lipinski definition) is 3. The lowest BCUT2D eigenvalue weighted by Crippen LogP contribution is -2.05. The van der Waals surface area contributed by atoms with E-state index in [1.165, 1.54) is 6.92 Å². The van der Waals surface area contributed by atoms with Gasteiger partial charge in [0.1, 0.15) is 5.52 Å². The van der Waals surface area contributed by atoms with E-state index in [9.17, 15) is 4.79 Å². The molecule has 4 aromatic rings. The van der Waals surface area contributed by atoms with Crippen LogP contribution in [-0.4, -0.2) is 10.9 Å². The highest BCUT2D eigenvalue weighted by atomic mass is 79.9. The molecule has 0 aliphatic rings. The van der Waals surface area contributed by atoms with E-state index < -0.39 is 0 Å². The van der Waals surface area contributed by atoms with Crippen molar-refractivity contribution in [2.75, 3.05) is 5.32 Å². The van der Waals surface area contributed by atoms with Crippen LogP contribution in [0.5, 0.6) is 0 Å². The highest BCUT2D eigenvalue weighted by molar-refractivity contribution is 9.10. The first kappa shape index (κ1) is 14.9. The number of hydrogen-bond donors (Lipinski definition) is 1. The van der Waals surface area contributed by atoms with Gasteiger partial charge in [-0.05, 0) is 41.1 Å². The molecule has 3 aromatic carbocycles. The second-order valence-corrected chi connectivity index (χ2v) is 6.38. The lowest BCUT2D eigenvalue weighted by molar-refractivity contribution is -0.114. The summed E-state index contributed by atoms with van der Waals surface area (Å²) >= 11 is 3.58. The van der Waals surface area contributed by atoms with Crippen molar-refractivity contribution in [2.24, 2.45) is 0 Å². The van der Waals surface area contributed by atoms with Crippen molar-refractivity contribution < 1.29 is 9.21 Å². The lowest BCUT2D eigenvalue weighted by atomic mass is 10.0. The zero-order valence-corrected chi connectivity index (χ0v) is 14.4. The number of anilines is 1. The molecular formula is C19H13BrN2O2. The predicted molar refractivity (Wildman–Crippen MR) is 99.0 cm³/mol. The minimum Gasteiger partial charge on any atom is -0.436 e. The number of rotatable bonds is 2. The second kappa shape index (κ2) is 5.76. The monoisotopic (exact) mass is 380 g/mol. The number of halogens is 1. The Kier molecular flexibility index (Phi) is 3.58. The molecule has 0 spiro atoms. The summed E-state index contributed by atoms with van der Waals surface area (Å²) < 4.78 is 6.96. The van der Waals surface area contributed by atoms with E-state index in [0.717, 1.165) is 20.8 Å². The minimum atomic E-state index is -0.114. The molecule has 24 heavy (non-hydrogen) atoms. The van der Waals surface area contributed by atoms with Crippen LogP contribution >= 0.6 is 15.9 Å². The molecule has 0 fully saturated rings. The highest BCUT2D eigenvalue weighted by Gasteiger charge is 2.12. The van der Waals surface area contributed by atoms with Gasteiger partial charge in [-0.2, -0.15) is 0 Å². The van der Waals surface area contributed by atoms with Gasteiger partial charge in [0, 0.05) is 22.6 Å². The SMILES string of the molecule is CC(=O)Nc1ccc2oc(-c3cccc4c(Br)cccc34)nc2c1. The smallest absolute Gasteiger partial charge is 0.227 e. The van der Waals surface area contributed by atoms with Gasteiger partial charge in [0.15, 0.2) is 5.58 Å². The number of nitrogens with one attached hydrogen (secondary N) is 1. The molecule has 0 saturated heterocycles. The standard InChI is InChI=1S/C19H13BrN2O2/c1-11(23)21-12-8-9-18-17(10-12)22-19(24-18)15-6-2-5-14-13(15)4-3-7-16(14)20/h2-10H,1H3,(H,21,23). The summed E-state index contributed by atoms with van der Waals surface area (Å²) in [7, 11) is 0. The third-order valence-corrected chi connectivity index (χ3v) is 4.50. The number of fused-ring (bicyclic) bond motifs is 2. The molecule has 4 nitrogen and oxygen atoms in total. The van der Waals surface area contributed by atoms with Crippen LogP contribution < -0.4 is 5.32 Å². The fourth-order valence-electron chi connectivity index (χ4n) is 2.78. The molecule has 1 heterocycles. The van der Waals surface area contributed by atoms with Crippen LogP contribution in [0.25, 0.3) is 33.3 Å². The summed E-state index contributed by atoms with van der Waals surface area (Å²) in [6.45, 7) is 1.48. The third kappa shape index (κ3) is 2.57. The summed E-state index contributed by atoms with van der Waals surface area (Å²) in [4.78, 5) is 15.8. The van der Waals surface area contributed by atoms with Gasteiger partial charge in [-0.15, -0.1) is 0 Å². The van der Waals surface area contributed by atoms with Crippen molar-refractivity contribution in [1.82, 2.24) is 4.98 Å². The van der Waals surface area contributed by atoms with Gasteiger partial charge in [-0.25, -0.2) is 4.98 Å². The molecule has 0 bridgehead atoms. The zero-order chi connectivity index (χ0) is 16.7. The fraction of sp³-hybridized carbons (Fsp3) is 0.0526. The average molecular weight is 381 g/mol. The van der Waals surface area contributed by atoms with Gasteiger partial charge >= 0.3 is 0 Å². The minimum absolute atomic E-state index is 0.114. The van der Waals surface area contributed by atoms with Crippen molar-refractivity contribution in [1.29, 1.82) is 0 Å². The van der Waals surface area contributed by atoms with Crippen LogP contribution in [0.4, 0.5) is 5.69 Å². The van der Waals surface area contributed by atoms with Crippen LogP contribution in [0.15, 0.2) is 63.5 Å². The Balaban J connectivity index is 1.88. The van der Waals surface area contributed by atoms with Crippen molar-refractivity contribution >= 4 is 49.4 Å². The number of benzene rings is 3. The van der Waals surface area contributed by atoms with Gasteiger partial charge in [-0.3, -0.25) is 4.79 Å². The Morgan fingerprint density at radius 3 is 2.71 bits per heavy atom. The molecule has 0 radical (unpaired) electrons. The Morgan fingerprint density at radius 2 is 1.88 bits per heavy atom. The maximum Gasteiger partial charge on any atom is 0.227 e. The molecule has 0 aliphatic carbocycles. The van der Waals surface area contributed by atoms with E-state index >= 15 is 0 Å². The Labute approximate surface area is 146 Å². The number of oxazole rings is 1.